The monoisotopic (exact) mass is 564 g/mol. The summed E-state index contributed by atoms with van der Waals surface area (Å²) in [6.45, 7) is 1.39. The molecule has 4 aromatic rings. The zero-order valence-electron chi connectivity index (χ0n) is 20.5. The first-order valence-electron chi connectivity index (χ1n) is 12.3. The fourth-order valence-electron chi connectivity index (χ4n) is 4.89. The highest BCUT2D eigenvalue weighted by molar-refractivity contribution is 7.93. The van der Waals surface area contributed by atoms with Crippen molar-refractivity contribution in [2.24, 2.45) is 5.92 Å². The predicted octanol–water partition coefficient (Wildman–Crippen LogP) is 5.29. The van der Waals surface area contributed by atoms with E-state index in [2.05, 4.69) is 19.9 Å². The molecule has 1 aliphatic heterocycles. The van der Waals surface area contributed by atoms with E-state index in [1.54, 1.807) is 23.7 Å². The van der Waals surface area contributed by atoms with Crippen molar-refractivity contribution < 1.29 is 13.5 Å². The van der Waals surface area contributed by atoms with E-state index in [0.29, 0.717) is 29.0 Å². The number of hydrogen-bond acceptors (Lipinski definition) is 6. The van der Waals surface area contributed by atoms with Gasteiger partial charge in [-0.2, -0.15) is 0 Å². The fourth-order valence-corrected chi connectivity index (χ4v) is 6.98. The van der Waals surface area contributed by atoms with Gasteiger partial charge in [-0.1, -0.05) is 60.7 Å². The summed E-state index contributed by atoms with van der Waals surface area (Å²) in [6, 6.07) is 26.2. The van der Waals surface area contributed by atoms with Gasteiger partial charge in [-0.25, -0.2) is 13.4 Å². The largest absolute Gasteiger partial charge is 0.380 e. The number of hydrogen-bond donors (Lipinski definition) is 3. The number of likely N-dealkylation sites (tertiary alicyclic amines) is 1. The van der Waals surface area contributed by atoms with E-state index >= 15 is 0 Å². The summed E-state index contributed by atoms with van der Waals surface area (Å²) in [5.74, 6) is 0.0289. The van der Waals surface area contributed by atoms with Gasteiger partial charge in [-0.15, -0.1) is 11.3 Å². The van der Waals surface area contributed by atoms with Crippen LogP contribution >= 0.6 is 23.6 Å². The van der Waals surface area contributed by atoms with Crippen LogP contribution in [-0.4, -0.2) is 41.6 Å². The first-order valence-corrected chi connectivity index (χ1v) is 15.0. The Labute approximate surface area is 232 Å². The van der Waals surface area contributed by atoms with Crippen LogP contribution in [0.4, 0.5) is 10.8 Å². The molecule has 1 aromatic heterocycles. The lowest BCUT2D eigenvalue weighted by molar-refractivity contribution is -0.00631. The minimum Gasteiger partial charge on any atom is -0.380 e. The van der Waals surface area contributed by atoms with Gasteiger partial charge in [0.25, 0.3) is 10.0 Å². The SMILES string of the molecule is O=S(=O)(Nc1nccs1)c1ccc(NC(=S)N2CCC(C(O)(c3ccccc3)c3ccccc3)CC2)cc1. The molecule has 3 N–H and O–H groups in total. The third-order valence-corrected chi connectivity index (χ3v) is 9.40. The predicted molar refractivity (Wildman–Crippen MR) is 156 cm³/mol. The van der Waals surface area contributed by atoms with Gasteiger partial charge in [-0.3, -0.25) is 4.72 Å². The molecule has 0 saturated carbocycles. The van der Waals surface area contributed by atoms with Crippen LogP contribution in [0.5, 0.6) is 0 Å². The second-order valence-electron chi connectivity index (χ2n) is 9.16. The number of thiocarbonyl (C=S) groups is 1. The number of benzene rings is 3. The van der Waals surface area contributed by atoms with E-state index in [1.807, 2.05) is 60.7 Å². The number of aliphatic hydroxyl groups is 1. The van der Waals surface area contributed by atoms with Gasteiger partial charge < -0.3 is 15.3 Å². The van der Waals surface area contributed by atoms with Gasteiger partial charge in [0, 0.05) is 30.4 Å². The maximum absolute atomic E-state index is 12.6. The van der Waals surface area contributed by atoms with Crippen molar-refractivity contribution in [3.63, 3.8) is 0 Å². The minimum atomic E-state index is -3.71. The number of sulfonamides is 1. The number of aromatic nitrogens is 1. The molecular formula is C28H28N4O3S3. The maximum Gasteiger partial charge on any atom is 0.263 e. The second-order valence-corrected chi connectivity index (χ2v) is 12.1. The molecule has 1 saturated heterocycles. The van der Waals surface area contributed by atoms with Crippen molar-refractivity contribution in [2.75, 3.05) is 23.1 Å². The standard InChI is InChI=1S/C28H28N4O3S3/c33-28(21-7-3-1-4-8-21,22-9-5-2-6-10-22)23-15-18-32(19-16-23)27(36)30-24-11-13-25(14-12-24)38(34,35)31-26-29-17-20-37-26/h1-14,17,20,23,33H,15-16,18-19H2,(H,29,31)(H,30,36). The first kappa shape index (κ1) is 26.3. The van der Waals surface area contributed by atoms with Gasteiger partial charge in [0.05, 0.1) is 4.90 Å². The highest BCUT2D eigenvalue weighted by Gasteiger charge is 2.41. The summed E-state index contributed by atoms with van der Waals surface area (Å²) in [6.07, 6.45) is 3.08. The second kappa shape index (κ2) is 11.2. The van der Waals surface area contributed by atoms with E-state index in [-0.39, 0.29) is 10.8 Å². The lowest BCUT2D eigenvalue weighted by atomic mass is 9.72. The molecule has 10 heteroatoms. The van der Waals surface area contributed by atoms with Crippen LogP contribution < -0.4 is 10.0 Å². The summed E-state index contributed by atoms with van der Waals surface area (Å²) in [5, 5.41) is 17.9. The van der Waals surface area contributed by atoms with Crippen LogP contribution in [0, 0.1) is 5.92 Å². The number of anilines is 2. The summed E-state index contributed by atoms with van der Waals surface area (Å²) in [4.78, 5) is 6.21. The molecule has 1 aliphatic rings. The van der Waals surface area contributed by atoms with Crippen LogP contribution in [0.25, 0.3) is 0 Å². The Kier molecular flexibility index (Phi) is 7.75. The third-order valence-electron chi connectivity index (χ3n) is 6.87. The van der Waals surface area contributed by atoms with Crippen molar-refractivity contribution in [2.45, 2.75) is 23.3 Å². The lowest BCUT2D eigenvalue weighted by Gasteiger charge is -2.43. The van der Waals surface area contributed by atoms with Gasteiger partial charge in [0.1, 0.15) is 5.60 Å². The molecule has 0 unspecified atom stereocenters. The van der Waals surface area contributed by atoms with Crippen LogP contribution in [0.2, 0.25) is 0 Å². The van der Waals surface area contributed by atoms with Crippen molar-refractivity contribution in [1.29, 1.82) is 0 Å². The smallest absolute Gasteiger partial charge is 0.263 e. The number of nitrogens with one attached hydrogen (secondary N) is 2. The van der Waals surface area contributed by atoms with E-state index < -0.39 is 15.6 Å². The Bertz CT molecular complexity index is 1420. The zero-order valence-corrected chi connectivity index (χ0v) is 23.0. The van der Waals surface area contributed by atoms with Crippen molar-refractivity contribution >= 4 is 49.5 Å². The molecule has 7 nitrogen and oxygen atoms in total. The number of nitrogens with zero attached hydrogens (tertiary/aromatic N) is 2. The van der Waals surface area contributed by atoms with Crippen LogP contribution in [0.1, 0.15) is 24.0 Å². The van der Waals surface area contributed by atoms with Crippen molar-refractivity contribution in [3.8, 4) is 0 Å². The highest BCUT2D eigenvalue weighted by atomic mass is 32.2. The molecule has 0 spiro atoms. The summed E-state index contributed by atoms with van der Waals surface area (Å²) >= 11 is 6.89. The molecule has 1 fully saturated rings. The Morgan fingerprint density at radius 2 is 1.53 bits per heavy atom. The van der Waals surface area contributed by atoms with Crippen molar-refractivity contribution in [1.82, 2.24) is 9.88 Å². The van der Waals surface area contributed by atoms with Gasteiger partial charge in [0.2, 0.25) is 0 Å². The molecule has 0 bridgehead atoms. The van der Waals surface area contributed by atoms with Crippen LogP contribution in [-0.2, 0) is 15.6 Å². The maximum atomic E-state index is 12.6. The molecule has 0 atom stereocenters. The average molecular weight is 565 g/mol. The van der Waals surface area contributed by atoms with Crippen LogP contribution in [0.15, 0.2) is 101 Å². The van der Waals surface area contributed by atoms with E-state index in [0.717, 1.165) is 24.0 Å². The molecule has 0 aliphatic carbocycles. The fraction of sp³-hybridized carbons (Fsp3) is 0.214. The summed E-state index contributed by atoms with van der Waals surface area (Å²) < 4.78 is 27.6. The number of piperidine rings is 1. The summed E-state index contributed by atoms with van der Waals surface area (Å²) in [7, 11) is -3.71. The number of thiazole rings is 1. The molecule has 38 heavy (non-hydrogen) atoms. The third kappa shape index (κ3) is 5.58. The van der Waals surface area contributed by atoms with E-state index in [1.165, 1.54) is 23.5 Å². The Balaban J connectivity index is 1.23. The van der Waals surface area contributed by atoms with E-state index in [9.17, 15) is 13.5 Å². The van der Waals surface area contributed by atoms with Crippen LogP contribution in [0.3, 0.4) is 0 Å². The molecular weight excluding hydrogens is 537 g/mol. The lowest BCUT2D eigenvalue weighted by Crippen LogP contribution is -2.47. The average Bonchev–Trinajstić information content (AvgIpc) is 3.46. The topological polar surface area (TPSA) is 94.6 Å². The molecule has 0 amide bonds. The Morgan fingerprint density at radius 1 is 0.947 bits per heavy atom. The summed E-state index contributed by atoms with van der Waals surface area (Å²) in [5.41, 5.74) is 1.40. The minimum absolute atomic E-state index is 0.0289. The first-order chi connectivity index (χ1) is 18.4. The normalized spacial score (nSPS) is 14.7. The zero-order chi connectivity index (χ0) is 26.6. The van der Waals surface area contributed by atoms with E-state index in [4.69, 9.17) is 12.2 Å². The highest BCUT2D eigenvalue weighted by Crippen LogP contribution is 2.42. The quantitative estimate of drug-likeness (QED) is 0.263. The molecule has 3 aromatic carbocycles. The number of rotatable bonds is 7. The molecule has 196 valence electrons. The van der Waals surface area contributed by atoms with Gasteiger partial charge in [0.15, 0.2) is 10.2 Å². The molecule has 2 heterocycles. The van der Waals surface area contributed by atoms with Crippen molar-refractivity contribution in [3.05, 3.63) is 108 Å². The van der Waals surface area contributed by atoms with Gasteiger partial charge >= 0.3 is 0 Å². The Morgan fingerprint density at radius 3 is 2.05 bits per heavy atom. The Hall–Kier alpha value is -3.31. The molecule has 0 radical (unpaired) electrons. The van der Waals surface area contributed by atoms with Gasteiger partial charge in [-0.05, 0) is 66.4 Å². The molecule has 5 rings (SSSR count).